The molecule has 0 aliphatic rings. The van der Waals surface area contributed by atoms with Gasteiger partial charge in [-0.1, -0.05) is 19.1 Å². The largest absolute Gasteiger partial charge is 0.494 e. The number of nitrogens with zero attached hydrogens (tertiary/aromatic N) is 2. The molecule has 1 heterocycles. The smallest absolute Gasteiger partial charge is 0.119 e. The minimum Gasteiger partial charge on any atom is -0.494 e. The standard InChI is InChI=1S/C15H21N3O/c1-3-10-18-14(8-9-17-18)15(16)12-6-5-7-13(11-12)19-4-2/h5-9,11,15H,3-4,10,16H2,1-2H3. The van der Waals surface area contributed by atoms with E-state index in [1.165, 1.54) is 0 Å². The molecule has 0 bridgehead atoms. The van der Waals surface area contributed by atoms with Crippen LogP contribution in [0.25, 0.3) is 0 Å². The van der Waals surface area contributed by atoms with Crippen LogP contribution < -0.4 is 10.5 Å². The zero-order valence-electron chi connectivity index (χ0n) is 11.5. The van der Waals surface area contributed by atoms with Crippen LogP contribution in [0.15, 0.2) is 36.5 Å². The monoisotopic (exact) mass is 259 g/mol. The van der Waals surface area contributed by atoms with Crippen molar-refractivity contribution in [3.05, 3.63) is 47.8 Å². The maximum Gasteiger partial charge on any atom is 0.119 e. The Balaban J connectivity index is 2.25. The minimum atomic E-state index is -0.172. The first-order chi connectivity index (χ1) is 9.26. The molecule has 0 aliphatic carbocycles. The average Bonchev–Trinajstić information content (AvgIpc) is 2.87. The van der Waals surface area contributed by atoms with Crippen molar-refractivity contribution in [1.82, 2.24) is 9.78 Å². The van der Waals surface area contributed by atoms with E-state index in [2.05, 4.69) is 12.0 Å². The van der Waals surface area contributed by atoms with Gasteiger partial charge in [-0.05, 0) is 37.1 Å². The van der Waals surface area contributed by atoms with Crippen molar-refractivity contribution in [2.24, 2.45) is 5.73 Å². The molecule has 0 amide bonds. The lowest BCUT2D eigenvalue weighted by Crippen LogP contribution is -2.17. The predicted octanol–water partition coefficient (Wildman–Crippen LogP) is 2.74. The second-order valence-electron chi connectivity index (χ2n) is 4.46. The van der Waals surface area contributed by atoms with Crippen molar-refractivity contribution < 1.29 is 4.74 Å². The van der Waals surface area contributed by atoms with Crippen molar-refractivity contribution in [2.75, 3.05) is 6.61 Å². The number of rotatable bonds is 6. The van der Waals surface area contributed by atoms with Crippen LogP contribution in [0.4, 0.5) is 0 Å². The van der Waals surface area contributed by atoms with E-state index in [-0.39, 0.29) is 6.04 Å². The molecule has 19 heavy (non-hydrogen) atoms. The fourth-order valence-corrected chi connectivity index (χ4v) is 2.14. The third-order valence-corrected chi connectivity index (χ3v) is 3.03. The summed E-state index contributed by atoms with van der Waals surface area (Å²) in [5.41, 5.74) is 8.42. The first kappa shape index (κ1) is 13.6. The van der Waals surface area contributed by atoms with Gasteiger partial charge >= 0.3 is 0 Å². The van der Waals surface area contributed by atoms with E-state index in [4.69, 9.17) is 10.5 Å². The summed E-state index contributed by atoms with van der Waals surface area (Å²) in [4.78, 5) is 0. The highest BCUT2D eigenvalue weighted by molar-refractivity contribution is 5.34. The summed E-state index contributed by atoms with van der Waals surface area (Å²) in [6, 6.07) is 9.75. The van der Waals surface area contributed by atoms with Crippen LogP contribution in [0, 0.1) is 0 Å². The van der Waals surface area contributed by atoms with E-state index in [1.807, 2.05) is 41.9 Å². The first-order valence-corrected chi connectivity index (χ1v) is 6.76. The van der Waals surface area contributed by atoms with E-state index < -0.39 is 0 Å². The molecule has 1 aromatic carbocycles. The number of aromatic nitrogens is 2. The highest BCUT2D eigenvalue weighted by Gasteiger charge is 2.14. The number of benzene rings is 1. The van der Waals surface area contributed by atoms with E-state index in [1.54, 1.807) is 6.20 Å². The fraction of sp³-hybridized carbons (Fsp3) is 0.400. The summed E-state index contributed by atoms with van der Waals surface area (Å²) in [7, 11) is 0. The molecule has 102 valence electrons. The van der Waals surface area contributed by atoms with E-state index in [0.29, 0.717) is 6.61 Å². The van der Waals surface area contributed by atoms with Gasteiger partial charge in [0.1, 0.15) is 5.75 Å². The van der Waals surface area contributed by atoms with Crippen LogP contribution in [0.2, 0.25) is 0 Å². The highest BCUT2D eigenvalue weighted by Crippen LogP contribution is 2.23. The molecule has 1 aromatic heterocycles. The SMILES string of the molecule is CCCn1nccc1C(N)c1cccc(OCC)c1. The van der Waals surface area contributed by atoms with Gasteiger partial charge in [0.25, 0.3) is 0 Å². The van der Waals surface area contributed by atoms with Crippen molar-refractivity contribution >= 4 is 0 Å². The van der Waals surface area contributed by atoms with Crippen LogP contribution in [-0.4, -0.2) is 16.4 Å². The summed E-state index contributed by atoms with van der Waals surface area (Å²) >= 11 is 0. The first-order valence-electron chi connectivity index (χ1n) is 6.76. The molecule has 0 saturated carbocycles. The van der Waals surface area contributed by atoms with Gasteiger partial charge in [-0.3, -0.25) is 4.68 Å². The Morgan fingerprint density at radius 3 is 2.89 bits per heavy atom. The normalized spacial score (nSPS) is 12.4. The molecular weight excluding hydrogens is 238 g/mol. The topological polar surface area (TPSA) is 53.1 Å². The average molecular weight is 259 g/mol. The lowest BCUT2D eigenvalue weighted by atomic mass is 10.0. The van der Waals surface area contributed by atoms with Crippen LogP contribution in [0.1, 0.15) is 37.6 Å². The van der Waals surface area contributed by atoms with Gasteiger partial charge in [0.05, 0.1) is 18.3 Å². The van der Waals surface area contributed by atoms with Crippen molar-refractivity contribution in [3.63, 3.8) is 0 Å². The second-order valence-corrected chi connectivity index (χ2v) is 4.46. The van der Waals surface area contributed by atoms with Gasteiger partial charge in [0.15, 0.2) is 0 Å². The number of ether oxygens (including phenoxy) is 1. The van der Waals surface area contributed by atoms with E-state index >= 15 is 0 Å². The van der Waals surface area contributed by atoms with Gasteiger partial charge < -0.3 is 10.5 Å². The molecule has 0 fully saturated rings. The van der Waals surface area contributed by atoms with E-state index in [9.17, 15) is 0 Å². The number of nitrogens with two attached hydrogens (primary N) is 1. The van der Waals surface area contributed by atoms with Crippen molar-refractivity contribution in [2.45, 2.75) is 32.9 Å². The lowest BCUT2D eigenvalue weighted by molar-refractivity contribution is 0.339. The molecule has 2 rings (SSSR count). The summed E-state index contributed by atoms with van der Waals surface area (Å²) in [6.45, 7) is 5.66. The molecule has 0 aliphatic heterocycles. The van der Waals surface area contributed by atoms with Gasteiger partial charge in [0, 0.05) is 12.7 Å². The zero-order chi connectivity index (χ0) is 13.7. The number of hydrogen-bond acceptors (Lipinski definition) is 3. The van der Waals surface area contributed by atoms with Crippen molar-refractivity contribution in [1.29, 1.82) is 0 Å². The number of hydrogen-bond donors (Lipinski definition) is 1. The van der Waals surface area contributed by atoms with Gasteiger partial charge in [0.2, 0.25) is 0 Å². The Morgan fingerprint density at radius 1 is 1.32 bits per heavy atom. The second kappa shape index (κ2) is 6.38. The molecule has 0 spiro atoms. The number of aryl methyl sites for hydroxylation is 1. The minimum absolute atomic E-state index is 0.172. The Bertz CT molecular complexity index is 522. The molecule has 2 N–H and O–H groups in total. The third kappa shape index (κ3) is 3.15. The molecule has 0 radical (unpaired) electrons. The third-order valence-electron chi connectivity index (χ3n) is 3.03. The summed E-state index contributed by atoms with van der Waals surface area (Å²) < 4.78 is 7.48. The Hall–Kier alpha value is -1.81. The Morgan fingerprint density at radius 2 is 2.16 bits per heavy atom. The maximum atomic E-state index is 6.34. The van der Waals surface area contributed by atoms with Crippen LogP contribution >= 0.6 is 0 Å². The maximum absolute atomic E-state index is 6.34. The molecule has 2 aromatic rings. The summed E-state index contributed by atoms with van der Waals surface area (Å²) in [5.74, 6) is 0.858. The van der Waals surface area contributed by atoms with E-state index in [0.717, 1.165) is 30.0 Å². The quantitative estimate of drug-likeness (QED) is 0.867. The summed E-state index contributed by atoms with van der Waals surface area (Å²) in [6.07, 6.45) is 2.84. The molecule has 0 saturated heterocycles. The van der Waals surface area contributed by atoms with Gasteiger partial charge in [-0.15, -0.1) is 0 Å². The fourth-order valence-electron chi connectivity index (χ4n) is 2.14. The molecule has 1 atom stereocenters. The van der Waals surface area contributed by atoms with Crippen LogP contribution in [0.3, 0.4) is 0 Å². The highest BCUT2D eigenvalue weighted by atomic mass is 16.5. The molecule has 4 nitrogen and oxygen atoms in total. The van der Waals surface area contributed by atoms with Crippen LogP contribution in [-0.2, 0) is 6.54 Å². The van der Waals surface area contributed by atoms with Gasteiger partial charge in [-0.2, -0.15) is 5.10 Å². The molecular formula is C15H21N3O. The summed E-state index contributed by atoms with van der Waals surface area (Å²) in [5, 5.41) is 4.32. The Labute approximate surface area is 114 Å². The predicted molar refractivity (Wildman–Crippen MR) is 76.2 cm³/mol. The van der Waals surface area contributed by atoms with Crippen molar-refractivity contribution in [3.8, 4) is 5.75 Å². The Kier molecular flexibility index (Phi) is 4.58. The zero-order valence-corrected chi connectivity index (χ0v) is 11.5. The molecule has 1 unspecified atom stereocenters. The molecule has 4 heteroatoms. The van der Waals surface area contributed by atoms with Crippen LogP contribution in [0.5, 0.6) is 5.75 Å². The van der Waals surface area contributed by atoms with Gasteiger partial charge in [-0.25, -0.2) is 0 Å². The lowest BCUT2D eigenvalue weighted by Gasteiger charge is -2.15.